The van der Waals surface area contributed by atoms with Crippen LogP contribution in [0.15, 0.2) is 5.38 Å². The molecule has 1 aromatic rings. The van der Waals surface area contributed by atoms with Crippen molar-refractivity contribution in [1.82, 2.24) is 10.3 Å². The quantitative estimate of drug-likeness (QED) is 0.820. The number of hydrogen-bond donors (Lipinski definition) is 1. The molecule has 1 fully saturated rings. The zero-order valence-electron chi connectivity index (χ0n) is 11.9. The van der Waals surface area contributed by atoms with Gasteiger partial charge >= 0.3 is 0 Å². The number of thiazole rings is 1. The van der Waals surface area contributed by atoms with E-state index in [0.29, 0.717) is 12.1 Å². The predicted molar refractivity (Wildman–Crippen MR) is 79.4 cm³/mol. The van der Waals surface area contributed by atoms with Gasteiger partial charge in [0, 0.05) is 24.0 Å². The smallest absolute Gasteiger partial charge is 0.185 e. The zero-order valence-corrected chi connectivity index (χ0v) is 12.8. The molecule has 0 bridgehead atoms. The van der Waals surface area contributed by atoms with Crippen LogP contribution in [0, 0.1) is 5.92 Å². The molecule has 18 heavy (non-hydrogen) atoms. The second-order valence-electron chi connectivity index (χ2n) is 5.52. The van der Waals surface area contributed by atoms with Gasteiger partial charge in [-0.15, -0.1) is 11.3 Å². The fourth-order valence-electron chi connectivity index (χ4n) is 2.11. The zero-order chi connectivity index (χ0) is 13.1. The molecule has 0 spiro atoms. The van der Waals surface area contributed by atoms with Gasteiger partial charge in [0.25, 0.3) is 0 Å². The highest BCUT2D eigenvalue weighted by molar-refractivity contribution is 7.13. The van der Waals surface area contributed by atoms with Crippen molar-refractivity contribution in [1.29, 1.82) is 0 Å². The largest absolute Gasteiger partial charge is 0.345 e. The van der Waals surface area contributed by atoms with Gasteiger partial charge in [-0.3, -0.25) is 0 Å². The van der Waals surface area contributed by atoms with Gasteiger partial charge in [0.05, 0.1) is 5.69 Å². The van der Waals surface area contributed by atoms with Crippen molar-refractivity contribution in [3.05, 3.63) is 11.1 Å². The Bertz CT molecular complexity index is 371. The lowest BCUT2D eigenvalue weighted by Gasteiger charge is -2.26. The van der Waals surface area contributed by atoms with Gasteiger partial charge in [0.1, 0.15) is 0 Å². The SMILES string of the molecule is CCNC(C)c1csc(N(CC2CC2)C(C)C)n1. The average Bonchev–Trinajstić information content (AvgIpc) is 3.01. The van der Waals surface area contributed by atoms with Crippen molar-refractivity contribution in [2.24, 2.45) is 5.92 Å². The molecule has 4 heteroatoms. The number of rotatable bonds is 7. The van der Waals surface area contributed by atoms with E-state index in [-0.39, 0.29) is 0 Å². The molecule has 0 radical (unpaired) electrons. The molecule has 0 saturated heterocycles. The molecule has 0 aliphatic heterocycles. The molecule has 1 N–H and O–H groups in total. The Kier molecular flexibility index (Phi) is 4.62. The van der Waals surface area contributed by atoms with Gasteiger partial charge in [0.15, 0.2) is 5.13 Å². The summed E-state index contributed by atoms with van der Waals surface area (Å²) in [5.41, 5.74) is 1.18. The average molecular weight is 267 g/mol. The third-order valence-electron chi connectivity index (χ3n) is 3.48. The molecule has 1 saturated carbocycles. The van der Waals surface area contributed by atoms with E-state index in [1.165, 1.54) is 30.2 Å². The summed E-state index contributed by atoms with van der Waals surface area (Å²) in [6, 6.07) is 0.897. The maximum absolute atomic E-state index is 4.81. The molecular formula is C14H25N3S. The topological polar surface area (TPSA) is 28.2 Å². The lowest BCUT2D eigenvalue weighted by atomic mass is 10.2. The van der Waals surface area contributed by atoms with Gasteiger partial charge in [0.2, 0.25) is 0 Å². The first kappa shape index (κ1) is 13.8. The lowest BCUT2D eigenvalue weighted by Crippen LogP contribution is -2.32. The van der Waals surface area contributed by atoms with E-state index in [4.69, 9.17) is 4.98 Å². The van der Waals surface area contributed by atoms with E-state index in [0.717, 1.165) is 12.5 Å². The number of aromatic nitrogens is 1. The summed E-state index contributed by atoms with van der Waals surface area (Å²) in [7, 11) is 0. The van der Waals surface area contributed by atoms with Crippen molar-refractivity contribution >= 4 is 16.5 Å². The Morgan fingerprint density at radius 3 is 2.72 bits per heavy atom. The van der Waals surface area contributed by atoms with Crippen LogP contribution >= 0.6 is 11.3 Å². The van der Waals surface area contributed by atoms with Crippen LogP contribution in [0.25, 0.3) is 0 Å². The van der Waals surface area contributed by atoms with Crippen LogP contribution < -0.4 is 10.2 Å². The molecule has 0 amide bonds. The van der Waals surface area contributed by atoms with Crippen LogP contribution in [0.4, 0.5) is 5.13 Å². The number of hydrogen-bond acceptors (Lipinski definition) is 4. The first-order valence-electron chi connectivity index (χ1n) is 7.07. The molecule has 1 atom stereocenters. The molecule has 2 rings (SSSR count). The van der Waals surface area contributed by atoms with Gasteiger partial charge in [-0.2, -0.15) is 0 Å². The minimum atomic E-state index is 0.356. The van der Waals surface area contributed by atoms with Gasteiger partial charge in [-0.05, 0) is 46.1 Å². The van der Waals surface area contributed by atoms with Gasteiger partial charge in [-0.25, -0.2) is 4.98 Å². The predicted octanol–water partition coefficient (Wildman–Crippen LogP) is 3.44. The molecule has 1 unspecified atom stereocenters. The van der Waals surface area contributed by atoms with Crippen LogP contribution in [0.1, 0.15) is 52.3 Å². The minimum Gasteiger partial charge on any atom is -0.345 e. The van der Waals surface area contributed by atoms with Gasteiger partial charge < -0.3 is 10.2 Å². The van der Waals surface area contributed by atoms with E-state index in [9.17, 15) is 0 Å². The first-order chi connectivity index (χ1) is 8.61. The van der Waals surface area contributed by atoms with E-state index in [1.54, 1.807) is 11.3 Å². The van der Waals surface area contributed by atoms with Crippen molar-refractivity contribution in [3.63, 3.8) is 0 Å². The highest BCUT2D eigenvalue weighted by Gasteiger charge is 2.27. The Labute approximate surface area is 115 Å². The maximum atomic E-state index is 4.81. The molecule has 3 nitrogen and oxygen atoms in total. The van der Waals surface area contributed by atoms with Crippen LogP contribution in [-0.4, -0.2) is 24.1 Å². The summed E-state index contributed by atoms with van der Waals surface area (Å²) in [4.78, 5) is 7.28. The summed E-state index contributed by atoms with van der Waals surface area (Å²) in [6.07, 6.45) is 2.80. The fraction of sp³-hybridized carbons (Fsp3) is 0.786. The summed E-state index contributed by atoms with van der Waals surface area (Å²) in [6.45, 7) is 11.0. The first-order valence-corrected chi connectivity index (χ1v) is 7.95. The third-order valence-corrected chi connectivity index (χ3v) is 4.38. The second-order valence-corrected chi connectivity index (χ2v) is 6.36. The van der Waals surface area contributed by atoms with Gasteiger partial charge in [-0.1, -0.05) is 6.92 Å². The maximum Gasteiger partial charge on any atom is 0.185 e. The third kappa shape index (κ3) is 3.45. The normalized spacial score (nSPS) is 17.2. The number of nitrogens with one attached hydrogen (secondary N) is 1. The number of nitrogens with zero attached hydrogens (tertiary/aromatic N) is 2. The molecule has 1 aliphatic rings. The highest BCUT2D eigenvalue weighted by atomic mass is 32.1. The summed E-state index contributed by atoms with van der Waals surface area (Å²) in [5.74, 6) is 0.908. The number of anilines is 1. The van der Waals surface area contributed by atoms with E-state index >= 15 is 0 Å². The van der Waals surface area contributed by atoms with Crippen LogP contribution in [0.2, 0.25) is 0 Å². The van der Waals surface area contributed by atoms with E-state index in [2.05, 4.69) is 43.3 Å². The second kappa shape index (κ2) is 6.02. The Morgan fingerprint density at radius 1 is 1.44 bits per heavy atom. The van der Waals surface area contributed by atoms with E-state index < -0.39 is 0 Å². The molecule has 1 aromatic heterocycles. The minimum absolute atomic E-state index is 0.356. The standard InChI is InChI=1S/C14H25N3S/c1-5-15-11(4)13-9-18-14(16-13)17(10(2)3)8-12-6-7-12/h9-12,15H,5-8H2,1-4H3. The molecule has 102 valence electrons. The summed E-state index contributed by atoms with van der Waals surface area (Å²) in [5, 5.41) is 6.81. The van der Waals surface area contributed by atoms with Crippen LogP contribution in [0.5, 0.6) is 0 Å². The molecular weight excluding hydrogens is 242 g/mol. The summed E-state index contributed by atoms with van der Waals surface area (Å²) < 4.78 is 0. The monoisotopic (exact) mass is 267 g/mol. The lowest BCUT2D eigenvalue weighted by molar-refractivity contribution is 0.583. The van der Waals surface area contributed by atoms with Crippen molar-refractivity contribution in [2.75, 3.05) is 18.0 Å². The van der Waals surface area contributed by atoms with Crippen LogP contribution in [0.3, 0.4) is 0 Å². The Hall–Kier alpha value is -0.610. The van der Waals surface area contributed by atoms with E-state index in [1.807, 2.05) is 0 Å². The Morgan fingerprint density at radius 2 is 2.17 bits per heavy atom. The summed E-state index contributed by atoms with van der Waals surface area (Å²) >= 11 is 1.78. The molecule has 0 aromatic carbocycles. The molecule has 1 aliphatic carbocycles. The van der Waals surface area contributed by atoms with Crippen molar-refractivity contribution in [3.8, 4) is 0 Å². The van der Waals surface area contributed by atoms with Crippen molar-refractivity contribution in [2.45, 2.75) is 52.6 Å². The van der Waals surface area contributed by atoms with Crippen LogP contribution in [-0.2, 0) is 0 Å². The van der Waals surface area contributed by atoms with Crippen molar-refractivity contribution < 1.29 is 0 Å². The Balaban J connectivity index is 2.05. The fourth-order valence-corrected chi connectivity index (χ4v) is 3.17. The highest BCUT2D eigenvalue weighted by Crippen LogP contribution is 2.33. The molecule has 1 heterocycles.